The number of nitrogens with one attached hydrogen (secondary N) is 1. The second-order valence-electron chi connectivity index (χ2n) is 4.52. The lowest BCUT2D eigenvalue weighted by Gasteiger charge is -2.19. The second-order valence-corrected chi connectivity index (χ2v) is 4.52. The first-order valence-electron chi connectivity index (χ1n) is 6.59. The molecule has 0 bridgehead atoms. The van der Waals surface area contributed by atoms with E-state index >= 15 is 0 Å². The molecular weight excluding hydrogens is 238 g/mol. The maximum absolute atomic E-state index is 5.56. The molecule has 0 aromatic heterocycles. The van der Waals surface area contributed by atoms with E-state index in [0.29, 0.717) is 13.2 Å². The van der Waals surface area contributed by atoms with Gasteiger partial charge in [0.2, 0.25) is 0 Å². The smallest absolute Gasteiger partial charge is 0.163 e. The van der Waals surface area contributed by atoms with Gasteiger partial charge in [0, 0.05) is 18.3 Å². The van der Waals surface area contributed by atoms with Crippen molar-refractivity contribution in [1.29, 1.82) is 0 Å². The molecule has 3 rings (SSSR count). The molecule has 3 heteroatoms. The molecule has 0 fully saturated rings. The summed E-state index contributed by atoms with van der Waals surface area (Å²) in [6, 6.07) is 16.4. The van der Waals surface area contributed by atoms with Crippen LogP contribution in [0.1, 0.15) is 5.56 Å². The normalized spacial score (nSPS) is 13.1. The Bertz CT molecular complexity index is 540. The monoisotopic (exact) mass is 255 g/mol. The molecule has 2 aromatic rings. The molecule has 2 aromatic carbocycles. The Balaban J connectivity index is 1.58. The van der Waals surface area contributed by atoms with E-state index in [1.807, 2.05) is 24.3 Å². The highest BCUT2D eigenvalue weighted by molar-refractivity contribution is 5.55. The van der Waals surface area contributed by atoms with Gasteiger partial charge in [0.25, 0.3) is 0 Å². The quantitative estimate of drug-likeness (QED) is 0.910. The van der Waals surface area contributed by atoms with E-state index in [1.165, 1.54) is 5.56 Å². The SMILES string of the molecule is c1ccc(CCNc2ccc3c(c2)OCCO3)cc1. The summed E-state index contributed by atoms with van der Waals surface area (Å²) in [4.78, 5) is 0. The molecule has 0 saturated carbocycles. The van der Waals surface area contributed by atoms with Crippen LogP contribution in [-0.2, 0) is 6.42 Å². The molecular formula is C16H17NO2. The predicted octanol–water partition coefficient (Wildman–Crippen LogP) is 3.11. The maximum atomic E-state index is 5.56. The van der Waals surface area contributed by atoms with Crippen molar-refractivity contribution in [3.8, 4) is 11.5 Å². The molecule has 1 aliphatic heterocycles. The third-order valence-corrected chi connectivity index (χ3v) is 3.13. The van der Waals surface area contributed by atoms with Crippen molar-refractivity contribution in [3.63, 3.8) is 0 Å². The molecule has 0 amide bonds. The Morgan fingerprint density at radius 2 is 1.68 bits per heavy atom. The lowest BCUT2D eigenvalue weighted by molar-refractivity contribution is 0.171. The van der Waals surface area contributed by atoms with Crippen LogP contribution >= 0.6 is 0 Å². The van der Waals surface area contributed by atoms with Gasteiger partial charge in [0.1, 0.15) is 13.2 Å². The fourth-order valence-corrected chi connectivity index (χ4v) is 2.15. The van der Waals surface area contributed by atoms with Crippen molar-refractivity contribution < 1.29 is 9.47 Å². The molecule has 19 heavy (non-hydrogen) atoms. The van der Waals surface area contributed by atoms with E-state index < -0.39 is 0 Å². The summed E-state index contributed by atoms with van der Waals surface area (Å²) in [5.41, 5.74) is 2.41. The number of hydrogen-bond acceptors (Lipinski definition) is 3. The highest BCUT2D eigenvalue weighted by Gasteiger charge is 2.11. The average Bonchev–Trinajstić information content (AvgIpc) is 2.48. The van der Waals surface area contributed by atoms with E-state index in [1.54, 1.807) is 0 Å². The minimum Gasteiger partial charge on any atom is -0.486 e. The number of anilines is 1. The van der Waals surface area contributed by atoms with Crippen LogP contribution in [0.15, 0.2) is 48.5 Å². The van der Waals surface area contributed by atoms with Crippen LogP contribution in [0.2, 0.25) is 0 Å². The van der Waals surface area contributed by atoms with Crippen molar-refractivity contribution in [2.24, 2.45) is 0 Å². The molecule has 1 N–H and O–H groups in total. The first-order valence-corrected chi connectivity index (χ1v) is 6.59. The Hall–Kier alpha value is -2.16. The lowest BCUT2D eigenvalue weighted by atomic mass is 10.1. The zero-order chi connectivity index (χ0) is 12.9. The fourth-order valence-electron chi connectivity index (χ4n) is 2.15. The van der Waals surface area contributed by atoms with Gasteiger partial charge in [-0.3, -0.25) is 0 Å². The molecule has 0 atom stereocenters. The predicted molar refractivity (Wildman–Crippen MR) is 76.1 cm³/mol. The van der Waals surface area contributed by atoms with Crippen molar-refractivity contribution in [1.82, 2.24) is 0 Å². The van der Waals surface area contributed by atoms with Crippen LogP contribution in [0.4, 0.5) is 5.69 Å². The van der Waals surface area contributed by atoms with E-state index in [-0.39, 0.29) is 0 Å². The summed E-state index contributed by atoms with van der Waals surface area (Å²) >= 11 is 0. The Morgan fingerprint density at radius 3 is 2.53 bits per heavy atom. The van der Waals surface area contributed by atoms with E-state index in [9.17, 15) is 0 Å². The van der Waals surface area contributed by atoms with Gasteiger partial charge in [-0.25, -0.2) is 0 Å². The fraction of sp³-hybridized carbons (Fsp3) is 0.250. The first-order chi connectivity index (χ1) is 9.42. The van der Waals surface area contributed by atoms with Crippen molar-refractivity contribution >= 4 is 5.69 Å². The summed E-state index contributed by atoms with van der Waals surface area (Å²) in [7, 11) is 0. The minimum absolute atomic E-state index is 0.625. The molecule has 0 saturated heterocycles. The zero-order valence-corrected chi connectivity index (χ0v) is 10.8. The van der Waals surface area contributed by atoms with Crippen LogP contribution < -0.4 is 14.8 Å². The zero-order valence-electron chi connectivity index (χ0n) is 10.8. The van der Waals surface area contributed by atoms with Crippen molar-refractivity contribution in [2.75, 3.05) is 25.1 Å². The van der Waals surface area contributed by atoms with Crippen molar-refractivity contribution in [3.05, 3.63) is 54.1 Å². The Labute approximate surface area is 113 Å². The average molecular weight is 255 g/mol. The molecule has 0 aliphatic carbocycles. The standard InChI is InChI=1S/C16H17NO2/c1-2-4-13(5-3-1)8-9-17-14-6-7-15-16(12-14)19-11-10-18-15/h1-7,12,17H,8-11H2. The molecule has 98 valence electrons. The van der Waals surface area contributed by atoms with Gasteiger partial charge in [0.15, 0.2) is 11.5 Å². The third kappa shape index (κ3) is 2.99. The number of ether oxygens (including phenoxy) is 2. The van der Waals surface area contributed by atoms with Gasteiger partial charge in [-0.05, 0) is 24.1 Å². The van der Waals surface area contributed by atoms with E-state index in [4.69, 9.17) is 9.47 Å². The van der Waals surface area contributed by atoms with Gasteiger partial charge in [-0.1, -0.05) is 30.3 Å². The van der Waals surface area contributed by atoms with Crippen LogP contribution in [-0.4, -0.2) is 19.8 Å². The van der Waals surface area contributed by atoms with E-state index in [0.717, 1.165) is 30.2 Å². The largest absolute Gasteiger partial charge is 0.486 e. The number of hydrogen-bond donors (Lipinski definition) is 1. The number of benzene rings is 2. The molecule has 1 heterocycles. The van der Waals surface area contributed by atoms with Gasteiger partial charge in [-0.2, -0.15) is 0 Å². The van der Waals surface area contributed by atoms with Gasteiger partial charge < -0.3 is 14.8 Å². The Kier molecular flexibility index (Phi) is 3.54. The summed E-state index contributed by atoms with van der Waals surface area (Å²) in [5, 5.41) is 3.41. The highest BCUT2D eigenvalue weighted by atomic mass is 16.6. The van der Waals surface area contributed by atoms with E-state index in [2.05, 4.69) is 29.6 Å². The lowest BCUT2D eigenvalue weighted by Crippen LogP contribution is -2.15. The number of fused-ring (bicyclic) bond motifs is 1. The third-order valence-electron chi connectivity index (χ3n) is 3.13. The molecule has 0 radical (unpaired) electrons. The maximum Gasteiger partial charge on any atom is 0.163 e. The van der Waals surface area contributed by atoms with Gasteiger partial charge in [-0.15, -0.1) is 0 Å². The molecule has 0 unspecified atom stereocenters. The second kappa shape index (κ2) is 5.65. The molecule has 3 nitrogen and oxygen atoms in total. The van der Waals surface area contributed by atoms with Crippen LogP contribution in [0, 0.1) is 0 Å². The highest BCUT2D eigenvalue weighted by Crippen LogP contribution is 2.32. The topological polar surface area (TPSA) is 30.5 Å². The van der Waals surface area contributed by atoms with Gasteiger partial charge >= 0.3 is 0 Å². The number of rotatable bonds is 4. The molecule has 0 spiro atoms. The summed E-state index contributed by atoms with van der Waals surface area (Å²) in [6.07, 6.45) is 1.01. The van der Waals surface area contributed by atoms with Crippen LogP contribution in [0.5, 0.6) is 11.5 Å². The van der Waals surface area contributed by atoms with Crippen molar-refractivity contribution in [2.45, 2.75) is 6.42 Å². The summed E-state index contributed by atoms with van der Waals surface area (Å²) in [6.45, 7) is 2.16. The van der Waals surface area contributed by atoms with Crippen LogP contribution in [0.25, 0.3) is 0 Å². The Morgan fingerprint density at radius 1 is 0.895 bits per heavy atom. The molecule has 1 aliphatic rings. The first kappa shape index (κ1) is 11.9. The summed E-state index contributed by atoms with van der Waals surface area (Å²) < 4.78 is 11.1. The van der Waals surface area contributed by atoms with Gasteiger partial charge in [0.05, 0.1) is 0 Å². The summed E-state index contributed by atoms with van der Waals surface area (Å²) in [5.74, 6) is 1.66. The van der Waals surface area contributed by atoms with Crippen LogP contribution in [0.3, 0.4) is 0 Å². The minimum atomic E-state index is 0.625.